The van der Waals surface area contributed by atoms with Crippen LogP contribution in [-0.4, -0.2) is 25.5 Å². The molecule has 0 aliphatic carbocycles. The minimum absolute atomic E-state index is 0.0372. The van der Waals surface area contributed by atoms with E-state index in [0.717, 1.165) is 30.0 Å². The van der Waals surface area contributed by atoms with Crippen molar-refractivity contribution >= 4 is 23.0 Å². The number of rotatable bonds is 5. The number of nitrogens with zero attached hydrogens (tertiary/aromatic N) is 1. The van der Waals surface area contributed by atoms with Crippen LogP contribution in [0, 0.1) is 13.8 Å². The summed E-state index contributed by atoms with van der Waals surface area (Å²) in [5.41, 5.74) is 5.41. The molecule has 3 rings (SSSR count). The van der Waals surface area contributed by atoms with Crippen molar-refractivity contribution in [3.05, 3.63) is 53.6 Å². The highest BCUT2D eigenvalue weighted by Crippen LogP contribution is 2.22. The highest BCUT2D eigenvalue weighted by molar-refractivity contribution is 5.94. The van der Waals surface area contributed by atoms with Crippen LogP contribution in [0.4, 0.5) is 17.1 Å². The minimum atomic E-state index is -0.0372. The Balaban J connectivity index is 1.53. The molecule has 1 saturated heterocycles. The molecular weight excluding hydrogens is 298 g/mol. The lowest BCUT2D eigenvalue weighted by atomic mass is 10.1. The van der Waals surface area contributed by atoms with E-state index in [2.05, 4.69) is 45.9 Å². The van der Waals surface area contributed by atoms with Crippen LogP contribution in [0.15, 0.2) is 42.5 Å². The van der Waals surface area contributed by atoms with Gasteiger partial charge in [0.25, 0.3) is 0 Å². The van der Waals surface area contributed by atoms with Crippen molar-refractivity contribution in [2.24, 2.45) is 0 Å². The van der Waals surface area contributed by atoms with Crippen LogP contribution in [0.5, 0.6) is 0 Å². The van der Waals surface area contributed by atoms with E-state index in [1.165, 1.54) is 24.1 Å². The van der Waals surface area contributed by atoms with Crippen molar-refractivity contribution in [2.45, 2.75) is 26.7 Å². The number of anilines is 3. The fourth-order valence-electron chi connectivity index (χ4n) is 3.04. The van der Waals surface area contributed by atoms with Gasteiger partial charge in [-0.05, 0) is 68.1 Å². The van der Waals surface area contributed by atoms with Crippen LogP contribution in [0.2, 0.25) is 0 Å². The lowest BCUT2D eigenvalue weighted by Gasteiger charge is -2.18. The van der Waals surface area contributed by atoms with Crippen LogP contribution >= 0.6 is 0 Å². The number of benzene rings is 2. The maximum Gasteiger partial charge on any atom is 0.243 e. The SMILES string of the molecule is Cc1ccc(C)c(NCC(=O)Nc2ccc(N3CCCC3)cc2)c1. The number of carbonyl (C=O) groups excluding carboxylic acids is 1. The zero-order valence-corrected chi connectivity index (χ0v) is 14.4. The number of hydrogen-bond acceptors (Lipinski definition) is 3. The molecule has 2 N–H and O–H groups in total. The second kappa shape index (κ2) is 7.39. The van der Waals surface area contributed by atoms with Crippen LogP contribution in [-0.2, 0) is 4.79 Å². The molecule has 2 aromatic carbocycles. The molecule has 1 heterocycles. The normalized spacial score (nSPS) is 13.8. The van der Waals surface area contributed by atoms with E-state index >= 15 is 0 Å². The Bertz CT molecular complexity index is 703. The van der Waals surface area contributed by atoms with Crippen molar-refractivity contribution in [1.29, 1.82) is 0 Å². The predicted molar refractivity (Wildman–Crippen MR) is 101 cm³/mol. The van der Waals surface area contributed by atoms with E-state index in [-0.39, 0.29) is 12.5 Å². The van der Waals surface area contributed by atoms with Gasteiger partial charge in [-0.1, -0.05) is 12.1 Å². The molecule has 1 fully saturated rings. The first kappa shape index (κ1) is 16.4. The average molecular weight is 323 g/mol. The lowest BCUT2D eigenvalue weighted by molar-refractivity contribution is -0.114. The molecule has 0 bridgehead atoms. The molecule has 0 radical (unpaired) electrons. The molecule has 24 heavy (non-hydrogen) atoms. The number of amides is 1. The van der Waals surface area contributed by atoms with Gasteiger partial charge < -0.3 is 15.5 Å². The summed E-state index contributed by atoms with van der Waals surface area (Å²) in [5.74, 6) is -0.0372. The van der Waals surface area contributed by atoms with Crippen molar-refractivity contribution in [2.75, 3.05) is 35.2 Å². The second-order valence-electron chi connectivity index (χ2n) is 6.46. The quantitative estimate of drug-likeness (QED) is 0.875. The second-order valence-corrected chi connectivity index (χ2v) is 6.46. The van der Waals surface area contributed by atoms with Crippen molar-refractivity contribution in [3.8, 4) is 0 Å². The smallest absolute Gasteiger partial charge is 0.243 e. The zero-order chi connectivity index (χ0) is 16.9. The summed E-state index contributed by atoms with van der Waals surface area (Å²) in [5, 5.41) is 6.15. The average Bonchev–Trinajstić information content (AvgIpc) is 3.11. The number of nitrogens with one attached hydrogen (secondary N) is 2. The van der Waals surface area contributed by atoms with Gasteiger partial charge in [0, 0.05) is 30.2 Å². The van der Waals surface area contributed by atoms with Gasteiger partial charge in [0.15, 0.2) is 0 Å². The monoisotopic (exact) mass is 323 g/mol. The predicted octanol–water partition coefficient (Wildman–Crippen LogP) is 3.95. The first-order valence-electron chi connectivity index (χ1n) is 8.58. The summed E-state index contributed by atoms with van der Waals surface area (Å²) in [6.07, 6.45) is 2.53. The summed E-state index contributed by atoms with van der Waals surface area (Å²) in [4.78, 5) is 14.5. The summed E-state index contributed by atoms with van der Waals surface area (Å²) in [6, 6.07) is 14.3. The first-order valence-corrected chi connectivity index (χ1v) is 8.58. The van der Waals surface area contributed by atoms with Crippen LogP contribution in [0.1, 0.15) is 24.0 Å². The fraction of sp³-hybridized carbons (Fsp3) is 0.350. The largest absolute Gasteiger partial charge is 0.376 e. The topological polar surface area (TPSA) is 44.4 Å². The molecule has 2 aromatic rings. The summed E-state index contributed by atoms with van der Waals surface area (Å²) >= 11 is 0. The maximum atomic E-state index is 12.1. The van der Waals surface area contributed by atoms with Gasteiger partial charge in [-0.15, -0.1) is 0 Å². The fourth-order valence-corrected chi connectivity index (χ4v) is 3.04. The van der Waals surface area contributed by atoms with Crippen LogP contribution in [0.3, 0.4) is 0 Å². The Morgan fingerprint density at radius 2 is 1.75 bits per heavy atom. The first-order chi connectivity index (χ1) is 11.6. The zero-order valence-electron chi connectivity index (χ0n) is 14.4. The molecule has 4 heteroatoms. The van der Waals surface area contributed by atoms with Crippen molar-refractivity contribution < 1.29 is 4.79 Å². The molecule has 0 unspecified atom stereocenters. The third-order valence-electron chi connectivity index (χ3n) is 4.45. The van der Waals surface area contributed by atoms with E-state index < -0.39 is 0 Å². The Hall–Kier alpha value is -2.49. The van der Waals surface area contributed by atoms with Gasteiger partial charge in [-0.25, -0.2) is 0 Å². The highest BCUT2D eigenvalue weighted by atomic mass is 16.1. The van der Waals surface area contributed by atoms with Crippen molar-refractivity contribution in [3.63, 3.8) is 0 Å². The maximum absolute atomic E-state index is 12.1. The van der Waals surface area contributed by atoms with Gasteiger partial charge in [0.2, 0.25) is 5.91 Å². The molecule has 126 valence electrons. The minimum Gasteiger partial charge on any atom is -0.376 e. The number of carbonyl (C=O) groups is 1. The molecular formula is C20H25N3O. The van der Waals surface area contributed by atoms with E-state index in [0.29, 0.717) is 0 Å². The van der Waals surface area contributed by atoms with Crippen LogP contribution in [0.25, 0.3) is 0 Å². The molecule has 0 aromatic heterocycles. The van der Waals surface area contributed by atoms with Gasteiger partial charge in [0.1, 0.15) is 0 Å². The molecule has 0 saturated carbocycles. The third-order valence-corrected chi connectivity index (χ3v) is 4.45. The number of aryl methyl sites for hydroxylation is 2. The Morgan fingerprint density at radius 1 is 1.04 bits per heavy atom. The summed E-state index contributed by atoms with van der Waals surface area (Å²) < 4.78 is 0. The lowest BCUT2D eigenvalue weighted by Crippen LogP contribution is -2.22. The van der Waals surface area contributed by atoms with E-state index in [1.807, 2.05) is 26.0 Å². The van der Waals surface area contributed by atoms with Crippen molar-refractivity contribution in [1.82, 2.24) is 0 Å². The van der Waals surface area contributed by atoms with Gasteiger partial charge in [-0.2, -0.15) is 0 Å². The standard InChI is InChI=1S/C20H25N3O/c1-15-5-6-16(2)19(13-15)21-14-20(24)22-17-7-9-18(10-8-17)23-11-3-4-12-23/h5-10,13,21H,3-4,11-12,14H2,1-2H3,(H,22,24). The molecule has 1 amide bonds. The van der Waals surface area contributed by atoms with E-state index in [1.54, 1.807) is 0 Å². The summed E-state index contributed by atoms with van der Waals surface area (Å²) in [7, 11) is 0. The molecule has 1 aliphatic rings. The third kappa shape index (κ3) is 4.07. The molecule has 4 nitrogen and oxygen atoms in total. The Labute approximate surface area is 143 Å². The summed E-state index contributed by atoms with van der Waals surface area (Å²) in [6.45, 7) is 6.61. The van der Waals surface area contributed by atoms with Gasteiger partial charge >= 0.3 is 0 Å². The van der Waals surface area contributed by atoms with E-state index in [9.17, 15) is 4.79 Å². The van der Waals surface area contributed by atoms with E-state index in [4.69, 9.17) is 0 Å². The molecule has 0 spiro atoms. The van der Waals surface area contributed by atoms with Crippen LogP contribution < -0.4 is 15.5 Å². The number of hydrogen-bond donors (Lipinski definition) is 2. The highest BCUT2D eigenvalue weighted by Gasteiger charge is 2.12. The Morgan fingerprint density at radius 3 is 2.46 bits per heavy atom. The molecule has 0 atom stereocenters. The van der Waals surface area contributed by atoms with Gasteiger partial charge in [-0.3, -0.25) is 4.79 Å². The molecule has 1 aliphatic heterocycles. The van der Waals surface area contributed by atoms with Gasteiger partial charge in [0.05, 0.1) is 6.54 Å². The Kier molecular flexibility index (Phi) is 5.04.